The van der Waals surface area contributed by atoms with Crippen molar-refractivity contribution in [1.82, 2.24) is 15.2 Å². The first-order valence-electron chi connectivity index (χ1n) is 11.0. The van der Waals surface area contributed by atoms with Crippen molar-refractivity contribution < 1.29 is 14.4 Å². The van der Waals surface area contributed by atoms with Crippen molar-refractivity contribution in [2.24, 2.45) is 11.8 Å². The summed E-state index contributed by atoms with van der Waals surface area (Å²) in [5.74, 6) is 0.184. The number of carbonyl (C=O) groups excluding carboxylic acids is 3. The van der Waals surface area contributed by atoms with E-state index in [0.717, 1.165) is 12.0 Å². The summed E-state index contributed by atoms with van der Waals surface area (Å²) in [5, 5.41) is 7.83. The molecular formula is C24H34N4O3S. The summed E-state index contributed by atoms with van der Waals surface area (Å²) in [5.41, 5.74) is 2.24. The molecule has 174 valence electrons. The molecule has 0 aliphatic carbocycles. The van der Waals surface area contributed by atoms with Crippen LogP contribution in [-0.2, 0) is 16.0 Å². The number of nitrogens with zero attached hydrogens (tertiary/aromatic N) is 2. The van der Waals surface area contributed by atoms with Gasteiger partial charge in [0.2, 0.25) is 11.8 Å². The van der Waals surface area contributed by atoms with Crippen molar-refractivity contribution in [3.05, 3.63) is 46.5 Å². The van der Waals surface area contributed by atoms with Crippen LogP contribution >= 0.6 is 11.3 Å². The molecule has 2 N–H and O–H groups in total. The summed E-state index contributed by atoms with van der Waals surface area (Å²) in [6.07, 6.45) is 1.11. The molecule has 2 rings (SSSR count). The van der Waals surface area contributed by atoms with Crippen molar-refractivity contribution in [3.63, 3.8) is 0 Å². The Morgan fingerprint density at radius 3 is 2.34 bits per heavy atom. The van der Waals surface area contributed by atoms with Crippen LogP contribution in [0.25, 0.3) is 0 Å². The third-order valence-corrected chi connectivity index (χ3v) is 5.50. The van der Waals surface area contributed by atoms with Crippen LogP contribution in [-0.4, -0.2) is 47.2 Å². The van der Waals surface area contributed by atoms with Crippen molar-refractivity contribution in [2.45, 2.75) is 47.5 Å². The highest BCUT2D eigenvalue weighted by molar-refractivity contribution is 7.13. The van der Waals surface area contributed by atoms with Gasteiger partial charge in [0.15, 0.2) is 5.13 Å². The zero-order valence-electron chi connectivity index (χ0n) is 19.6. The van der Waals surface area contributed by atoms with Crippen LogP contribution in [0.5, 0.6) is 0 Å². The summed E-state index contributed by atoms with van der Waals surface area (Å²) < 4.78 is 0. The fourth-order valence-electron chi connectivity index (χ4n) is 3.04. The smallest absolute Gasteiger partial charge is 0.254 e. The minimum atomic E-state index is -0.312. The highest BCUT2D eigenvalue weighted by Gasteiger charge is 2.20. The third-order valence-electron chi connectivity index (χ3n) is 4.69. The topological polar surface area (TPSA) is 91.4 Å². The van der Waals surface area contributed by atoms with Gasteiger partial charge in [0.05, 0.1) is 12.1 Å². The molecule has 0 aliphatic rings. The van der Waals surface area contributed by atoms with Gasteiger partial charge >= 0.3 is 0 Å². The predicted molar refractivity (Wildman–Crippen MR) is 129 cm³/mol. The van der Waals surface area contributed by atoms with Gasteiger partial charge in [-0.05, 0) is 37.3 Å². The Morgan fingerprint density at radius 1 is 1.03 bits per heavy atom. The van der Waals surface area contributed by atoms with E-state index < -0.39 is 0 Å². The zero-order chi connectivity index (χ0) is 23.7. The van der Waals surface area contributed by atoms with Crippen molar-refractivity contribution in [2.75, 3.05) is 25.0 Å². The van der Waals surface area contributed by atoms with Crippen LogP contribution < -0.4 is 10.6 Å². The van der Waals surface area contributed by atoms with E-state index in [9.17, 15) is 14.4 Å². The van der Waals surface area contributed by atoms with Gasteiger partial charge in [-0.25, -0.2) is 4.98 Å². The first-order chi connectivity index (χ1) is 15.1. The lowest BCUT2D eigenvalue weighted by atomic mass is 10.1. The van der Waals surface area contributed by atoms with E-state index in [0.29, 0.717) is 35.4 Å². The number of benzene rings is 1. The monoisotopic (exact) mass is 458 g/mol. The number of hydrogen-bond acceptors (Lipinski definition) is 5. The minimum absolute atomic E-state index is 0.0600. The van der Waals surface area contributed by atoms with E-state index in [4.69, 9.17) is 0 Å². The molecule has 0 bridgehead atoms. The largest absolute Gasteiger partial charge is 0.356 e. The minimum Gasteiger partial charge on any atom is -0.356 e. The predicted octanol–water partition coefficient (Wildman–Crippen LogP) is 3.89. The van der Waals surface area contributed by atoms with Gasteiger partial charge in [-0.15, -0.1) is 11.3 Å². The standard InChI is InChI=1S/C24H34N4O3S/c1-16(2)10-11-25-21(29)12-20-15-32-24(26-20)27-22(30)14-28(13-17(3)4)23(31)19-8-6-18(5)7-9-19/h6-9,15-17H,10-14H2,1-5H3,(H,25,29)(H,26,27,30). The first kappa shape index (κ1) is 25.5. The third kappa shape index (κ3) is 8.78. The summed E-state index contributed by atoms with van der Waals surface area (Å²) in [7, 11) is 0. The molecule has 0 saturated heterocycles. The molecule has 3 amide bonds. The van der Waals surface area contributed by atoms with E-state index in [1.807, 2.05) is 32.9 Å². The molecule has 1 heterocycles. The molecule has 7 nitrogen and oxygen atoms in total. The Kier molecular flexibility index (Phi) is 9.84. The Balaban J connectivity index is 1.93. The van der Waals surface area contributed by atoms with E-state index >= 15 is 0 Å². The van der Waals surface area contributed by atoms with E-state index in [1.54, 1.807) is 22.4 Å². The van der Waals surface area contributed by atoms with Gasteiger partial charge in [0, 0.05) is 24.0 Å². The normalized spacial score (nSPS) is 11.0. The number of thiazole rings is 1. The van der Waals surface area contributed by atoms with E-state index in [2.05, 4.69) is 29.5 Å². The lowest BCUT2D eigenvalue weighted by Crippen LogP contribution is -2.40. The molecule has 1 aromatic carbocycles. The van der Waals surface area contributed by atoms with Gasteiger partial charge < -0.3 is 15.5 Å². The fraction of sp³-hybridized carbons (Fsp3) is 0.500. The zero-order valence-corrected chi connectivity index (χ0v) is 20.4. The Labute approximate surface area is 194 Å². The van der Waals surface area contributed by atoms with Crippen LogP contribution in [0.15, 0.2) is 29.6 Å². The molecule has 0 saturated carbocycles. The van der Waals surface area contributed by atoms with Crippen molar-refractivity contribution in [3.8, 4) is 0 Å². The molecule has 1 aromatic heterocycles. The van der Waals surface area contributed by atoms with Crippen LogP contribution in [0.2, 0.25) is 0 Å². The number of anilines is 1. The van der Waals surface area contributed by atoms with Gasteiger partial charge in [0.1, 0.15) is 6.54 Å². The highest BCUT2D eigenvalue weighted by Crippen LogP contribution is 2.16. The maximum Gasteiger partial charge on any atom is 0.254 e. The van der Waals surface area contributed by atoms with Crippen LogP contribution in [0, 0.1) is 18.8 Å². The first-order valence-corrected chi connectivity index (χ1v) is 11.9. The maximum absolute atomic E-state index is 12.9. The molecule has 0 spiro atoms. The van der Waals surface area contributed by atoms with Crippen LogP contribution in [0.1, 0.15) is 55.7 Å². The number of hydrogen-bond donors (Lipinski definition) is 2. The van der Waals surface area contributed by atoms with Crippen molar-refractivity contribution in [1.29, 1.82) is 0 Å². The quantitative estimate of drug-likeness (QED) is 0.534. The van der Waals surface area contributed by atoms with Gasteiger partial charge in [-0.1, -0.05) is 45.4 Å². The molecule has 0 atom stereocenters. The average molecular weight is 459 g/mol. The lowest BCUT2D eigenvalue weighted by molar-refractivity contribution is -0.120. The Bertz CT molecular complexity index is 906. The van der Waals surface area contributed by atoms with Crippen molar-refractivity contribution >= 4 is 34.2 Å². The SMILES string of the molecule is Cc1ccc(C(=O)N(CC(=O)Nc2nc(CC(=O)NCCC(C)C)cs2)CC(C)C)cc1. The van der Waals surface area contributed by atoms with E-state index in [1.165, 1.54) is 11.3 Å². The summed E-state index contributed by atoms with van der Waals surface area (Å²) >= 11 is 1.27. The number of carbonyl (C=O) groups is 3. The van der Waals surface area contributed by atoms with Crippen LogP contribution in [0.4, 0.5) is 5.13 Å². The maximum atomic E-state index is 12.9. The van der Waals surface area contributed by atoms with E-state index in [-0.39, 0.29) is 36.6 Å². The lowest BCUT2D eigenvalue weighted by Gasteiger charge is -2.24. The van der Waals surface area contributed by atoms with Crippen LogP contribution in [0.3, 0.4) is 0 Å². The second-order valence-electron chi connectivity index (χ2n) is 8.85. The average Bonchev–Trinajstić information content (AvgIpc) is 3.13. The van der Waals surface area contributed by atoms with Gasteiger partial charge in [0.25, 0.3) is 5.91 Å². The molecule has 0 fully saturated rings. The number of aryl methyl sites for hydroxylation is 1. The van der Waals surface area contributed by atoms with Gasteiger partial charge in [-0.2, -0.15) is 0 Å². The number of nitrogens with one attached hydrogen (secondary N) is 2. The number of rotatable bonds is 11. The molecule has 8 heteroatoms. The summed E-state index contributed by atoms with van der Waals surface area (Å²) in [6.45, 7) is 11.3. The Hall–Kier alpha value is -2.74. The number of aromatic nitrogens is 1. The molecular weight excluding hydrogens is 424 g/mol. The van der Waals surface area contributed by atoms with Gasteiger partial charge in [-0.3, -0.25) is 14.4 Å². The molecule has 0 radical (unpaired) electrons. The molecule has 32 heavy (non-hydrogen) atoms. The number of amides is 3. The second-order valence-corrected chi connectivity index (χ2v) is 9.71. The summed E-state index contributed by atoms with van der Waals surface area (Å²) in [6, 6.07) is 7.33. The second kappa shape index (κ2) is 12.3. The molecule has 0 aliphatic heterocycles. The highest BCUT2D eigenvalue weighted by atomic mass is 32.1. The Morgan fingerprint density at radius 2 is 1.72 bits per heavy atom. The molecule has 0 unspecified atom stereocenters. The summed E-state index contributed by atoms with van der Waals surface area (Å²) in [4.78, 5) is 43.5. The molecule has 2 aromatic rings. The fourth-order valence-corrected chi connectivity index (χ4v) is 3.77.